The van der Waals surface area contributed by atoms with Crippen LogP contribution in [0.4, 0.5) is 0 Å². The monoisotopic (exact) mass is 334 g/mol. The van der Waals surface area contributed by atoms with E-state index in [1.807, 2.05) is 63.9 Å². The molecule has 6 heteroatoms. The van der Waals surface area contributed by atoms with Gasteiger partial charge in [-0.25, -0.2) is 4.99 Å². The number of carbonyl (C=O) groups is 1. The fraction of sp³-hybridized carbons (Fsp3) is 0.556. The molecule has 1 aromatic rings. The fourth-order valence-corrected chi connectivity index (χ4v) is 2.15. The summed E-state index contributed by atoms with van der Waals surface area (Å²) in [5, 5.41) is 6.13. The molecule has 0 bridgehead atoms. The Kier molecular flexibility index (Phi) is 7.55. The molecule has 0 aliphatic rings. The molecule has 0 heterocycles. The number of carbonyl (C=O) groups excluding carboxylic acids is 1. The summed E-state index contributed by atoms with van der Waals surface area (Å²) in [5.41, 5.74) is 0.892. The average molecular weight is 334 g/mol. The summed E-state index contributed by atoms with van der Waals surface area (Å²) in [7, 11) is 3.60. The van der Waals surface area contributed by atoms with E-state index in [1.165, 1.54) is 0 Å². The molecule has 1 amide bonds. The zero-order valence-electron chi connectivity index (χ0n) is 15.6. The van der Waals surface area contributed by atoms with Gasteiger partial charge in [0.05, 0.1) is 7.11 Å². The molecule has 0 aliphatic carbocycles. The predicted molar refractivity (Wildman–Crippen MR) is 98.3 cm³/mol. The summed E-state index contributed by atoms with van der Waals surface area (Å²) in [4.78, 5) is 18.4. The van der Waals surface area contributed by atoms with Crippen LogP contribution in [-0.2, 0) is 11.3 Å². The number of methoxy groups -OCH3 is 1. The summed E-state index contributed by atoms with van der Waals surface area (Å²) in [6.45, 7) is 9.41. The largest absolute Gasteiger partial charge is 0.497 e. The summed E-state index contributed by atoms with van der Waals surface area (Å²) in [6, 6.07) is 7.91. The summed E-state index contributed by atoms with van der Waals surface area (Å²) in [6.07, 6.45) is 0. The number of nitrogens with one attached hydrogen (secondary N) is 2. The van der Waals surface area contributed by atoms with Gasteiger partial charge in [-0.05, 0) is 45.4 Å². The Morgan fingerprint density at radius 2 is 1.88 bits per heavy atom. The SMILES string of the molecule is CCNC(=NCC(=O)NC(C)(C)C)N(C)Cc1ccc(OC)cc1. The molecule has 0 fully saturated rings. The molecule has 0 unspecified atom stereocenters. The minimum atomic E-state index is -0.250. The van der Waals surface area contributed by atoms with Crippen LogP contribution in [0.1, 0.15) is 33.3 Å². The lowest BCUT2D eigenvalue weighted by Crippen LogP contribution is -2.43. The highest BCUT2D eigenvalue weighted by Gasteiger charge is 2.14. The number of hydrogen-bond donors (Lipinski definition) is 2. The first kappa shape index (κ1) is 19.8. The van der Waals surface area contributed by atoms with E-state index in [-0.39, 0.29) is 18.0 Å². The van der Waals surface area contributed by atoms with Crippen molar-refractivity contribution in [2.75, 3.05) is 27.2 Å². The van der Waals surface area contributed by atoms with Gasteiger partial charge in [0.2, 0.25) is 5.91 Å². The van der Waals surface area contributed by atoms with Crippen LogP contribution < -0.4 is 15.4 Å². The maximum Gasteiger partial charge on any atom is 0.242 e. The molecular weight excluding hydrogens is 304 g/mol. The second-order valence-corrected chi connectivity index (χ2v) is 6.67. The summed E-state index contributed by atoms with van der Waals surface area (Å²) >= 11 is 0. The number of benzene rings is 1. The van der Waals surface area contributed by atoms with Gasteiger partial charge in [-0.15, -0.1) is 0 Å². The first-order chi connectivity index (χ1) is 11.2. The van der Waals surface area contributed by atoms with Crippen molar-refractivity contribution in [3.8, 4) is 5.75 Å². The van der Waals surface area contributed by atoms with Crippen LogP contribution in [-0.4, -0.2) is 49.6 Å². The molecule has 0 saturated carbocycles. The van der Waals surface area contributed by atoms with E-state index in [4.69, 9.17) is 4.74 Å². The van der Waals surface area contributed by atoms with E-state index in [1.54, 1.807) is 7.11 Å². The van der Waals surface area contributed by atoms with Crippen molar-refractivity contribution in [3.63, 3.8) is 0 Å². The second-order valence-electron chi connectivity index (χ2n) is 6.67. The molecule has 0 aromatic heterocycles. The number of amides is 1. The van der Waals surface area contributed by atoms with E-state index in [2.05, 4.69) is 15.6 Å². The zero-order chi connectivity index (χ0) is 18.2. The highest BCUT2D eigenvalue weighted by molar-refractivity contribution is 5.85. The molecule has 0 atom stereocenters. The van der Waals surface area contributed by atoms with Crippen molar-refractivity contribution in [2.24, 2.45) is 4.99 Å². The highest BCUT2D eigenvalue weighted by Crippen LogP contribution is 2.12. The molecular formula is C18H30N4O2. The van der Waals surface area contributed by atoms with Crippen LogP contribution in [0.5, 0.6) is 5.75 Å². The van der Waals surface area contributed by atoms with E-state index in [9.17, 15) is 4.79 Å². The van der Waals surface area contributed by atoms with Crippen LogP contribution in [0.15, 0.2) is 29.3 Å². The number of rotatable bonds is 6. The first-order valence-corrected chi connectivity index (χ1v) is 8.18. The molecule has 134 valence electrons. The number of hydrogen-bond acceptors (Lipinski definition) is 3. The third kappa shape index (κ3) is 7.35. The lowest BCUT2D eigenvalue weighted by molar-refractivity contribution is -0.121. The fourth-order valence-electron chi connectivity index (χ4n) is 2.15. The standard InChI is InChI=1S/C18H30N4O2/c1-7-19-17(20-12-16(23)21-18(2,3)4)22(5)13-14-8-10-15(24-6)11-9-14/h8-11H,7,12-13H2,1-6H3,(H,19,20)(H,21,23). The van der Waals surface area contributed by atoms with Crippen molar-refractivity contribution in [2.45, 2.75) is 39.8 Å². The van der Waals surface area contributed by atoms with Crippen LogP contribution in [0.2, 0.25) is 0 Å². The van der Waals surface area contributed by atoms with Gasteiger partial charge in [0.15, 0.2) is 5.96 Å². The maximum atomic E-state index is 11.9. The van der Waals surface area contributed by atoms with Gasteiger partial charge in [0, 0.05) is 25.7 Å². The molecule has 6 nitrogen and oxygen atoms in total. The van der Waals surface area contributed by atoms with Crippen LogP contribution >= 0.6 is 0 Å². The topological polar surface area (TPSA) is 66.0 Å². The normalized spacial score (nSPS) is 11.8. The molecule has 0 radical (unpaired) electrons. The van der Waals surface area contributed by atoms with Gasteiger partial charge >= 0.3 is 0 Å². The molecule has 2 N–H and O–H groups in total. The molecule has 0 aliphatic heterocycles. The van der Waals surface area contributed by atoms with Crippen LogP contribution in [0, 0.1) is 0 Å². The van der Waals surface area contributed by atoms with Gasteiger partial charge in [-0.3, -0.25) is 4.79 Å². The number of aliphatic imine (C=N–C) groups is 1. The van der Waals surface area contributed by atoms with Crippen molar-refractivity contribution in [3.05, 3.63) is 29.8 Å². The Balaban J connectivity index is 2.70. The molecule has 0 spiro atoms. The second kappa shape index (κ2) is 9.15. The Morgan fingerprint density at radius 3 is 2.38 bits per heavy atom. The zero-order valence-corrected chi connectivity index (χ0v) is 15.6. The number of guanidine groups is 1. The van der Waals surface area contributed by atoms with Crippen molar-refractivity contribution in [1.29, 1.82) is 0 Å². The van der Waals surface area contributed by atoms with Gasteiger partial charge in [0.25, 0.3) is 0 Å². The van der Waals surface area contributed by atoms with E-state index < -0.39 is 0 Å². The lowest BCUT2D eigenvalue weighted by Gasteiger charge is -2.23. The third-order valence-electron chi connectivity index (χ3n) is 3.16. The van der Waals surface area contributed by atoms with Crippen molar-refractivity contribution >= 4 is 11.9 Å². The minimum absolute atomic E-state index is 0.0873. The molecule has 1 rings (SSSR count). The van der Waals surface area contributed by atoms with E-state index >= 15 is 0 Å². The van der Waals surface area contributed by atoms with E-state index in [0.29, 0.717) is 12.5 Å². The molecule has 0 saturated heterocycles. The number of nitrogens with zero attached hydrogens (tertiary/aromatic N) is 2. The minimum Gasteiger partial charge on any atom is -0.497 e. The van der Waals surface area contributed by atoms with Crippen molar-refractivity contribution in [1.82, 2.24) is 15.5 Å². The Bertz CT molecular complexity index is 547. The smallest absolute Gasteiger partial charge is 0.242 e. The summed E-state index contributed by atoms with van der Waals surface area (Å²) < 4.78 is 5.17. The quantitative estimate of drug-likeness (QED) is 0.617. The number of ether oxygens (including phenoxy) is 1. The Morgan fingerprint density at radius 1 is 1.25 bits per heavy atom. The summed E-state index contributed by atoms with van der Waals surface area (Å²) in [5.74, 6) is 1.45. The third-order valence-corrected chi connectivity index (χ3v) is 3.16. The Hall–Kier alpha value is -2.24. The maximum absolute atomic E-state index is 11.9. The van der Waals surface area contributed by atoms with Gasteiger partial charge in [0.1, 0.15) is 12.3 Å². The van der Waals surface area contributed by atoms with Gasteiger partial charge in [-0.1, -0.05) is 12.1 Å². The van der Waals surface area contributed by atoms with E-state index in [0.717, 1.165) is 17.9 Å². The highest BCUT2D eigenvalue weighted by atomic mass is 16.5. The van der Waals surface area contributed by atoms with Gasteiger partial charge in [-0.2, -0.15) is 0 Å². The Labute approximate surface area is 145 Å². The molecule has 1 aromatic carbocycles. The van der Waals surface area contributed by atoms with Crippen molar-refractivity contribution < 1.29 is 9.53 Å². The van der Waals surface area contributed by atoms with Crippen LogP contribution in [0.3, 0.4) is 0 Å². The molecule has 24 heavy (non-hydrogen) atoms. The predicted octanol–water partition coefficient (Wildman–Crippen LogP) is 2.01. The first-order valence-electron chi connectivity index (χ1n) is 8.18. The lowest BCUT2D eigenvalue weighted by atomic mass is 10.1. The van der Waals surface area contributed by atoms with Gasteiger partial charge < -0.3 is 20.3 Å². The van der Waals surface area contributed by atoms with Crippen LogP contribution in [0.25, 0.3) is 0 Å². The average Bonchev–Trinajstić information content (AvgIpc) is 2.50.